The molecular weight excluding hydrogens is 1970 g/mol. The average Bonchev–Trinajstić information content (AvgIpc) is 1.60. The van der Waals surface area contributed by atoms with Crippen LogP contribution in [0.1, 0.15) is 169 Å². The smallest absolute Gasteiger partial charge is 0.384 e. The number of fused-ring (bicyclic) bond motifs is 4. The van der Waals surface area contributed by atoms with Crippen LogP contribution in [0.15, 0.2) is 166 Å². The van der Waals surface area contributed by atoms with Gasteiger partial charge < -0.3 is 31.1 Å². The Labute approximate surface area is 776 Å². The van der Waals surface area contributed by atoms with Crippen LogP contribution in [0.25, 0.3) is 21.1 Å². The Morgan fingerprint density at radius 2 is 0.883 bits per heavy atom. The molecule has 676 valence electrons. The number of hydrogen-bond donors (Lipinski definition) is 3. The van der Waals surface area contributed by atoms with Gasteiger partial charge in [0.1, 0.15) is 33.9 Å². The molecule has 17 rings (SSSR count). The van der Waals surface area contributed by atoms with Gasteiger partial charge in [0, 0.05) is 108 Å². The van der Waals surface area contributed by atoms with Crippen LogP contribution in [0, 0.1) is 6.92 Å². The van der Waals surface area contributed by atoms with Crippen molar-refractivity contribution in [2.75, 3.05) is 17.3 Å². The number of aryl methyl sites for hydroxylation is 3. The fourth-order valence-electron chi connectivity index (χ4n) is 12.9. The summed E-state index contributed by atoms with van der Waals surface area (Å²) in [6.07, 6.45) is 0.411. The number of nitrogens with one attached hydrogen (secondary N) is 2. The van der Waals surface area contributed by atoms with Gasteiger partial charge in [-0.3, -0.25) is 52.7 Å². The van der Waals surface area contributed by atoms with Gasteiger partial charge in [0.05, 0.1) is 98.4 Å². The Hall–Kier alpha value is -10.4. The summed E-state index contributed by atoms with van der Waals surface area (Å²) in [6.45, 7) is 17.4. The predicted octanol–water partition coefficient (Wildman–Crippen LogP) is 20.7. The van der Waals surface area contributed by atoms with E-state index in [1.807, 2.05) is 68.4 Å². The first kappa shape index (κ1) is 99.8. The molecule has 0 aliphatic carbocycles. The van der Waals surface area contributed by atoms with E-state index in [0.717, 1.165) is 103 Å². The Morgan fingerprint density at radius 3 is 1.26 bits per heavy atom. The first-order chi connectivity index (χ1) is 59.3. The monoisotopic (exact) mass is 2050 g/mol. The van der Waals surface area contributed by atoms with Gasteiger partial charge in [-0.2, -0.15) is 58.1 Å². The third-order valence-electron chi connectivity index (χ3n) is 19.3. The van der Waals surface area contributed by atoms with Crippen molar-refractivity contribution >= 4 is 163 Å². The highest BCUT2D eigenvalue weighted by Gasteiger charge is 2.49. The number of nitrogens with two attached hydrogens (primary N) is 1. The second kappa shape index (κ2) is 39.9. The number of pyridine rings is 4. The van der Waals surface area contributed by atoms with Crippen molar-refractivity contribution in [2.24, 2.45) is 14.1 Å². The summed E-state index contributed by atoms with van der Waals surface area (Å²) < 4.78 is 147. The number of thiophene rings is 4. The van der Waals surface area contributed by atoms with Gasteiger partial charge >= 0.3 is 18.5 Å². The van der Waals surface area contributed by atoms with E-state index in [0.29, 0.717) is 61.7 Å². The minimum atomic E-state index is -4.55. The van der Waals surface area contributed by atoms with E-state index < -0.39 is 62.3 Å². The molecule has 17 heterocycles. The highest BCUT2D eigenvalue weighted by Crippen LogP contribution is 2.50. The van der Waals surface area contributed by atoms with Gasteiger partial charge in [0.15, 0.2) is 0 Å². The predicted molar refractivity (Wildman–Crippen MR) is 478 cm³/mol. The number of carbonyl (C=O) groups is 4. The van der Waals surface area contributed by atoms with E-state index in [1.165, 1.54) is 64.6 Å². The van der Waals surface area contributed by atoms with Crippen LogP contribution < -0.4 is 16.4 Å². The number of aromatic nitrogens is 14. The number of alkyl halides is 9. The van der Waals surface area contributed by atoms with Crippen molar-refractivity contribution in [3.8, 4) is 21.1 Å². The Balaban J connectivity index is 0.000000166. The topological polar surface area (TPSA) is 336 Å². The van der Waals surface area contributed by atoms with Gasteiger partial charge in [-0.1, -0.05) is 19.0 Å². The minimum Gasteiger partial charge on any atom is -0.384 e. The Bertz CT molecular complexity index is 6330. The van der Waals surface area contributed by atoms with Crippen molar-refractivity contribution in [2.45, 2.75) is 137 Å². The van der Waals surface area contributed by atoms with Crippen LogP contribution in [0.3, 0.4) is 0 Å². The molecule has 0 saturated heterocycles. The van der Waals surface area contributed by atoms with E-state index in [4.69, 9.17) is 40.5 Å². The molecule has 0 saturated carbocycles. The largest absolute Gasteiger partial charge is 0.433 e. The van der Waals surface area contributed by atoms with Gasteiger partial charge in [-0.15, -0.1) is 45.3 Å². The number of anilines is 3. The standard InChI is InChI=1S/C23H20F3N7OS.C19H14ClF3N4OS.C15H12BrF3N2OS.C8H8BrNOS.C8H11NO3S.C4H2Cl2N2.C4H7N3.CH4/c1-22(2)19-14(20(34)33(22)12-13-4-7-27-17(10-13)23(24,25)26)11-16(35-19)15-5-8-28-21(30-15)31-18-6-9-29-32(18)3;1-18(2)15-11(8-13(29-15)12-4-6-25-17(20)26-12)16(28)27(18)9-10-3-5-24-14(7-10)19(21,22)23;1-14(2)12-9(6-11(16)23-12)13(22)21(14)7-8-3-4-20-10(5-8)15(17,18)19;1-8(2)6-4(7(11)10-8)3-5(9)12-6;1-7-5-8(3-4-9-7)6-12-13(2,10)11;5-3-1-2-7-4(6)8-3;1-7-4(5)2-3-6-7;/h4-11H,12H2,1-3H3,(H,28,30,31);3-8H,9H2,1-2H3;3-6H,7H2,1-2H3;3H,1-2H3,(H,10,11);3-5H,6H2,1-2H3;1-2H;2-3H,5H2,1H3;1H4. The Morgan fingerprint density at radius 1 is 0.484 bits per heavy atom. The van der Waals surface area contributed by atoms with Crippen molar-refractivity contribution in [1.29, 1.82) is 0 Å². The number of nitrogens with zero attached hydrogens (tertiary/aromatic N) is 17. The lowest BCUT2D eigenvalue weighted by Crippen LogP contribution is -2.38. The molecule has 4 aliphatic rings. The highest BCUT2D eigenvalue weighted by atomic mass is 79.9. The van der Waals surface area contributed by atoms with E-state index in [-0.39, 0.29) is 73.4 Å². The summed E-state index contributed by atoms with van der Waals surface area (Å²) in [5, 5.41) is 14.6. The molecule has 128 heavy (non-hydrogen) atoms. The molecule has 0 fully saturated rings. The van der Waals surface area contributed by atoms with Gasteiger partial charge in [0.2, 0.25) is 16.5 Å². The molecule has 0 aromatic carbocycles. The van der Waals surface area contributed by atoms with Crippen LogP contribution in [0.2, 0.25) is 15.7 Å². The lowest BCUT2D eigenvalue weighted by Gasteiger charge is -2.32. The number of carbonyl (C=O) groups excluding carboxylic acids is 4. The van der Waals surface area contributed by atoms with Crippen LogP contribution in [0.5, 0.6) is 0 Å². The number of hydrogen-bond acceptors (Lipinski definition) is 25. The van der Waals surface area contributed by atoms with Gasteiger partial charge in [-0.25, -0.2) is 29.9 Å². The summed E-state index contributed by atoms with van der Waals surface area (Å²) in [6, 6.07) is 26.7. The molecule has 27 nitrogen and oxygen atoms in total. The molecule has 0 radical (unpaired) electrons. The number of nitrogen functional groups attached to an aromatic ring is 1. The third kappa shape index (κ3) is 24.2. The molecule has 4 aliphatic heterocycles. The van der Waals surface area contributed by atoms with Gasteiger partial charge in [-0.05, 0) is 237 Å². The second-order valence-electron chi connectivity index (χ2n) is 30.1. The molecule has 4 N–H and O–H groups in total. The van der Waals surface area contributed by atoms with Crippen molar-refractivity contribution in [3.05, 3.63) is 269 Å². The lowest BCUT2D eigenvalue weighted by molar-refractivity contribution is -0.142. The summed E-state index contributed by atoms with van der Waals surface area (Å²) >= 11 is 29.3. The minimum absolute atomic E-state index is 0. The lowest BCUT2D eigenvalue weighted by atomic mass is 10.0. The number of amides is 4. The zero-order valence-corrected chi connectivity index (χ0v) is 78.2. The van der Waals surface area contributed by atoms with Crippen LogP contribution in [0.4, 0.5) is 57.1 Å². The maximum Gasteiger partial charge on any atom is 0.433 e. The van der Waals surface area contributed by atoms with Crippen LogP contribution in [-0.4, -0.2) is 122 Å². The molecule has 46 heteroatoms. The zero-order chi connectivity index (χ0) is 93.0. The van der Waals surface area contributed by atoms with E-state index >= 15 is 0 Å². The van der Waals surface area contributed by atoms with Gasteiger partial charge in [0.25, 0.3) is 33.7 Å². The summed E-state index contributed by atoms with van der Waals surface area (Å²) in [5.74, 6) is 1.21. The SMILES string of the molecule is C.CC1(C)NC(=O)c2cc(Br)sc21.CC1(C)c2sc(-c3ccnc(Cl)n3)cc2C(=O)N1Cc1ccnc(C(F)(F)F)c1.CC1(C)c2sc(Br)cc2C(=O)N1Cc1ccnc(C(F)(F)F)c1.Cc1cc(COS(C)(=O)=O)ccn1.Clc1ccnc(Cl)n1.Cn1nccc1N.Cn1nccc1Nc1nccc(-c2cc3c(s2)C(C)(C)N(Cc2ccnc(C(F)(F)F)c2)C3=O)n1. The maximum absolute atomic E-state index is 13.3. The highest BCUT2D eigenvalue weighted by molar-refractivity contribution is 9.11. The summed E-state index contributed by atoms with van der Waals surface area (Å²) in [5.41, 5.74) is 6.82. The summed E-state index contributed by atoms with van der Waals surface area (Å²) in [4.78, 5) is 98.5. The number of rotatable bonds is 13. The normalized spacial score (nSPS) is 14.7. The molecule has 13 aromatic rings. The number of halogens is 14. The first-order valence-electron chi connectivity index (χ1n) is 37.2. The molecule has 0 unspecified atom stereocenters. The molecule has 0 atom stereocenters. The molecule has 0 spiro atoms. The zero-order valence-electron chi connectivity index (χ0n) is 68.7. The van der Waals surface area contributed by atoms with E-state index in [1.54, 1.807) is 135 Å². The van der Waals surface area contributed by atoms with Crippen LogP contribution in [-0.2, 0) is 95.3 Å². The van der Waals surface area contributed by atoms with Crippen molar-refractivity contribution in [1.82, 2.24) is 89.4 Å². The molecule has 13 aromatic heterocycles. The Kier molecular flexibility index (Phi) is 31.1. The third-order valence-corrected chi connectivity index (χ3v) is 27.3. The second-order valence-corrected chi connectivity index (χ2v) is 39.8. The average molecular weight is 2050 g/mol. The quantitative estimate of drug-likeness (QED) is 0.0418. The van der Waals surface area contributed by atoms with Crippen molar-refractivity contribution in [3.63, 3.8) is 0 Å². The molecule has 0 bridgehead atoms. The fourth-order valence-corrected chi connectivity index (χ4v) is 19.6. The molecule has 4 amide bonds. The van der Waals surface area contributed by atoms with Crippen molar-refractivity contribution < 1.29 is 71.3 Å². The van der Waals surface area contributed by atoms with E-state index in [2.05, 4.69) is 107 Å². The maximum atomic E-state index is 13.3. The fraction of sp³-hybridized carbons (Fsp3) is 0.293. The first-order valence-corrected chi connectivity index (χ1v) is 45.0. The summed E-state index contributed by atoms with van der Waals surface area (Å²) in [7, 11) is 0.242. The van der Waals surface area contributed by atoms with E-state index in [9.17, 15) is 67.1 Å². The molecular formula is C82H78Br2Cl3F9N20O7S5. The van der Waals surface area contributed by atoms with Crippen LogP contribution >= 0.6 is 112 Å².